The largest absolute Gasteiger partial charge is 0.315 e. The second-order valence-electron chi connectivity index (χ2n) is 2.82. The average Bonchev–Trinajstić information content (AvgIpc) is 2.20. The molecule has 0 fully saturated rings. The summed E-state index contributed by atoms with van der Waals surface area (Å²) in [7, 11) is 0. The van der Waals surface area contributed by atoms with Gasteiger partial charge in [0.05, 0.1) is 17.4 Å². The molecule has 1 aromatic heterocycles. The molecule has 0 unspecified atom stereocenters. The molecule has 0 spiro atoms. The molecular formula is C8H5F2N3O3. The maximum atomic E-state index is 12.3. The highest BCUT2D eigenvalue weighted by atomic mass is 19.3. The van der Waals surface area contributed by atoms with E-state index in [0.717, 1.165) is 0 Å². The Morgan fingerprint density at radius 3 is 2.69 bits per heavy atom. The Balaban J connectivity index is 3.44. The number of hydrogen-bond donors (Lipinski definition) is 1. The first-order valence-electron chi connectivity index (χ1n) is 4.03. The third-order valence-corrected chi connectivity index (χ3v) is 1.81. The number of pyridine rings is 1. The standard InChI is InChI=1S/C8H5F2N3O3/c9-7(10)6-5(13(15)16)3-4(1-2-11)8(14)12-6/h3,7H,1H2,(H,12,14). The Bertz CT molecular complexity index is 518. The molecule has 0 bridgehead atoms. The van der Waals surface area contributed by atoms with Crippen LogP contribution in [0.3, 0.4) is 0 Å². The molecule has 0 amide bonds. The van der Waals surface area contributed by atoms with Crippen molar-refractivity contribution < 1.29 is 13.7 Å². The molecule has 0 radical (unpaired) electrons. The molecule has 0 atom stereocenters. The first kappa shape index (κ1) is 11.8. The minimum absolute atomic E-state index is 0.210. The third kappa shape index (κ3) is 2.20. The molecule has 0 aliphatic carbocycles. The fourth-order valence-corrected chi connectivity index (χ4v) is 1.11. The minimum Gasteiger partial charge on any atom is -0.315 e. The van der Waals surface area contributed by atoms with Crippen LogP contribution in [-0.4, -0.2) is 9.91 Å². The molecular weight excluding hydrogens is 224 g/mol. The van der Waals surface area contributed by atoms with Gasteiger partial charge in [0.15, 0.2) is 5.69 Å². The fourth-order valence-electron chi connectivity index (χ4n) is 1.11. The number of rotatable bonds is 3. The molecule has 0 saturated carbocycles. The lowest BCUT2D eigenvalue weighted by molar-refractivity contribution is -0.386. The van der Waals surface area contributed by atoms with Crippen LogP contribution < -0.4 is 5.56 Å². The van der Waals surface area contributed by atoms with E-state index in [1.54, 1.807) is 11.1 Å². The van der Waals surface area contributed by atoms with Crippen molar-refractivity contribution in [2.45, 2.75) is 12.8 Å². The van der Waals surface area contributed by atoms with Crippen molar-refractivity contribution in [3.8, 4) is 6.07 Å². The summed E-state index contributed by atoms with van der Waals surface area (Å²) in [5.74, 6) is 0. The topological polar surface area (TPSA) is 99.8 Å². The molecule has 1 rings (SSSR count). The summed E-state index contributed by atoms with van der Waals surface area (Å²) in [6.07, 6.45) is -3.52. The molecule has 84 valence electrons. The SMILES string of the molecule is N#CCc1cc([N+](=O)[O-])c(C(F)F)[nH]c1=O. The van der Waals surface area contributed by atoms with Gasteiger partial charge in [-0.25, -0.2) is 8.78 Å². The van der Waals surface area contributed by atoms with Gasteiger partial charge < -0.3 is 4.98 Å². The monoisotopic (exact) mass is 229 g/mol. The van der Waals surface area contributed by atoms with E-state index in [9.17, 15) is 23.7 Å². The number of aromatic amines is 1. The molecule has 1 heterocycles. The highest BCUT2D eigenvalue weighted by molar-refractivity contribution is 5.39. The first-order chi connectivity index (χ1) is 7.47. The van der Waals surface area contributed by atoms with Crippen molar-refractivity contribution in [3.63, 3.8) is 0 Å². The number of halogens is 2. The first-order valence-corrected chi connectivity index (χ1v) is 4.03. The number of hydrogen-bond acceptors (Lipinski definition) is 4. The second kappa shape index (κ2) is 4.48. The van der Waals surface area contributed by atoms with E-state index in [1.807, 2.05) is 0 Å². The van der Waals surface area contributed by atoms with E-state index < -0.39 is 28.3 Å². The summed E-state index contributed by atoms with van der Waals surface area (Å²) in [6.45, 7) is 0. The Morgan fingerprint density at radius 2 is 2.25 bits per heavy atom. The van der Waals surface area contributed by atoms with Crippen molar-refractivity contribution in [1.29, 1.82) is 5.26 Å². The van der Waals surface area contributed by atoms with Crippen molar-refractivity contribution in [1.82, 2.24) is 4.98 Å². The average molecular weight is 229 g/mol. The van der Waals surface area contributed by atoms with E-state index in [2.05, 4.69) is 0 Å². The van der Waals surface area contributed by atoms with E-state index in [0.29, 0.717) is 6.07 Å². The molecule has 16 heavy (non-hydrogen) atoms. The summed E-state index contributed by atoms with van der Waals surface area (Å²) >= 11 is 0. The summed E-state index contributed by atoms with van der Waals surface area (Å²) < 4.78 is 24.7. The molecule has 1 aromatic rings. The molecule has 1 N–H and O–H groups in total. The Morgan fingerprint density at radius 1 is 1.62 bits per heavy atom. The number of nitrogens with one attached hydrogen (secondary N) is 1. The second-order valence-corrected chi connectivity index (χ2v) is 2.82. The van der Waals surface area contributed by atoms with Gasteiger partial charge in [0.2, 0.25) is 0 Å². The molecule has 0 aliphatic rings. The molecule has 6 nitrogen and oxygen atoms in total. The maximum absolute atomic E-state index is 12.3. The third-order valence-electron chi connectivity index (χ3n) is 1.81. The van der Waals surface area contributed by atoms with Crippen molar-refractivity contribution in [3.05, 3.63) is 37.8 Å². The van der Waals surface area contributed by atoms with Gasteiger partial charge in [-0.15, -0.1) is 0 Å². The number of aromatic nitrogens is 1. The van der Waals surface area contributed by atoms with Crippen LogP contribution in [0, 0.1) is 21.4 Å². The molecule has 0 saturated heterocycles. The quantitative estimate of drug-likeness (QED) is 0.623. The van der Waals surface area contributed by atoms with Gasteiger partial charge in [-0.1, -0.05) is 0 Å². The van der Waals surface area contributed by atoms with E-state index in [4.69, 9.17) is 5.26 Å². The van der Waals surface area contributed by atoms with Gasteiger partial charge in [0, 0.05) is 11.6 Å². The van der Waals surface area contributed by atoms with Crippen molar-refractivity contribution >= 4 is 5.69 Å². The lowest BCUT2D eigenvalue weighted by atomic mass is 10.2. The predicted octanol–water partition coefficient (Wildman–Crippen LogP) is 1.29. The fraction of sp³-hybridized carbons (Fsp3) is 0.250. The predicted molar refractivity (Wildman–Crippen MR) is 48.0 cm³/mol. The molecule has 8 heteroatoms. The number of H-pyrrole nitrogens is 1. The van der Waals surface area contributed by atoms with E-state index >= 15 is 0 Å². The lowest BCUT2D eigenvalue weighted by Gasteiger charge is -2.02. The highest BCUT2D eigenvalue weighted by Crippen LogP contribution is 2.25. The van der Waals surface area contributed by atoms with Crippen LogP contribution in [0.4, 0.5) is 14.5 Å². The number of nitrogens with zero attached hydrogens (tertiary/aromatic N) is 2. The van der Waals surface area contributed by atoms with Crippen LogP contribution in [-0.2, 0) is 6.42 Å². The van der Waals surface area contributed by atoms with Crippen LogP contribution in [0.25, 0.3) is 0 Å². The van der Waals surface area contributed by atoms with Crippen molar-refractivity contribution in [2.24, 2.45) is 0 Å². The zero-order valence-electron chi connectivity index (χ0n) is 7.74. The number of nitro groups is 1. The maximum Gasteiger partial charge on any atom is 0.295 e. The number of alkyl halides is 2. The number of nitriles is 1. The smallest absolute Gasteiger partial charge is 0.295 e. The Hall–Kier alpha value is -2.30. The van der Waals surface area contributed by atoms with E-state index in [-0.39, 0.29) is 12.0 Å². The Kier molecular flexibility index (Phi) is 3.30. The van der Waals surface area contributed by atoms with Crippen LogP contribution >= 0.6 is 0 Å². The van der Waals surface area contributed by atoms with Gasteiger partial charge in [0.1, 0.15) is 0 Å². The summed E-state index contributed by atoms with van der Waals surface area (Å²) in [5, 5.41) is 18.8. The van der Waals surface area contributed by atoms with Crippen LogP contribution in [0.2, 0.25) is 0 Å². The van der Waals surface area contributed by atoms with Gasteiger partial charge in [0.25, 0.3) is 17.7 Å². The normalized spacial score (nSPS) is 10.1. The summed E-state index contributed by atoms with van der Waals surface area (Å²) in [6, 6.07) is 2.31. The van der Waals surface area contributed by atoms with Gasteiger partial charge in [-0.05, 0) is 0 Å². The van der Waals surface area contributed by atoms with E-state index in [1.165, 1.54) is 0 Å². The summed E-state index contributed by atoms with van der Waals surface area (Å²) in [4.78, 5) is 22.3. The minimum atomic E-state index is -3.15. The zero-order chi connectivity index (χ0) is 12.3. The van der Waals surface area contributed by atoms with Crippen LogP contribution in [0.5, 0.6) is 0 Å². The van der Waals surface area contributed by atoms with Crippen LogP contribution in [0.1, 0.15) is 17.7 Å². The summed E-state index contributed by atoms with van der Waals surface area (Å²) in [5.41, 5.74) is -3.06. The molecule has 0 aromatic carbocycles. The molecule has 0 aliphatic heterocycles. The zero-order valence-corrected chi connectivity index (χ0v) is 7.74. The Labute approximate surface area is 87.3 Å². The van der Waals surface area contributed by atoms with Crippen LogP contribution in [0.15, 0.2) is 10.9 Å². The van der Waals surface area contributed by atoms with Gasteiger partial charge in [-0.3, -0.25) is 14.9 Å². The highest BCUT2D eigenvalue weighted by Gasteiger charge is 2.24. The van der Waals surface area contributed by atoms with Crippen molar-refractivity contribution in [2.75, 3.05) is 0 Å². The van der Waals surface area contributed by atoms with Gasteiger partial charge >= 0.3 is 0 Å². The lowest BCUT2D eigenvalue weighted by Crippen LogP contribution is -2.16. The van der Waals surface area contributed by atoms with Gasteiger partial charge in [-0.2, -0.15) is 5.26 Å².